The van der Waals surface area contributed by atoms with Crippen LogP contribution in [-0.4, -0.2) is 28.7 Å². The van der Waals surface area contributed by atoms with Gasteiger partial charge in [0.1, 0.15) is 11.5 Å². The number of hydrazone groups is 2. The van der Waals surface area contributed by atoms with E-state index in [0.717, 1.165) is 8.95 Å². The number of aromatic hydroxyl groups is 2. The normalized spacial score (nSPS) is 11.2. The van der Waals surface area contributed by atoms with Crippen LogP contribution in [0.3, 0.4) is 0 Å². The van der Waals surface area contributed by atoms with Gasteiger partial charge in [0.2, 0.25) is 0 Å². The molecule has 0 radical (unpaired) electrons. The molecule has 0 spiro atoms. The Morgan fingerprint density at radius 1 is 0.808 bits per heavy atom. The summed E-state index contributed by atoms with van der Waals surface area (Å²) in [6.07, 6.45) is 2.57. The molecule has 0 aliphatic rings. The highest BCUT2D eigenvalue weighted by atomic mass is 79.9. The first-order valence-electron chi connectivity index (χ1n) is 6.76. The Bertz CT molecular complexity index is 831. The molecule has 0 aliphatic carbocycles. The molecule has 4 N–H and O–H groups in total. The lowest BCUT2D eigenvalue weighted by Gasteiger charge is -2.04. The molecule has 0 unspecified atom stereocenters. The van der Waals surface area contributed by atoms with Gasteiger partial charge in [-0.25, -0.2) is 15.6 Å². The van der Waals surface area contributed by atoms with Gasteiger partial charge in [0.15, 0.2) is 0 Å². The van der Waals surface area contributed by atoms with E-state index in [-0.39, 0.29) is 11.5 Å². The number of urea groups is 1. The summed E-state index contributed by atoms with van der Waals surface area (Å²) in [6.45, 7) is 0. The van der Waals surface area contributed by atoms with Crippen molar-refractivity contribution < 1.29 is 15.0 Å². The molecule has 0 fully saturated rings. The van der Waals surface area contributed by atoms with E-state index in [9.17, 15) is 15.0 Å². The largest absolute Gasteiger partial charge is 0.506 e. The summed E-state index contributed by atoms with van der Waals surface area (Å²) in [7, 11) is 0. The van der Waals surface area contributed by atoms with Crippen LogP contribution >= 0.6 is 63.7 Å². The molecule has 0 saturated carbocycles. The first-order valence-corrected chi connectivity index (χ1v) is 9.93. The summed E-state index contributed by atoms with van der Waals surface area (Å²) in [5.41, 5.74) is 5.21. The highest BCUT2D eigenvalue weighted by Crippen LogP contribution is 2.31. The number of halogens is 4. The Hall–Kier alpha value is -1.43. The molecule has 26 heavy (non-hydrogen) atoms. The molecule has 2 aromatic rings. The third-order valence-corrected chi connectivity index (χ3v) is 4.98. The first kappa shape index (κ1) is 20.9. The minimum atomic E-state index is -0.695. The topological polar surface area (TPSA) is 106 Å². The Kier molecular flexibility index (Phi) is 7.62. The van der Waals surface area contributed by atoms with Gasteiger partial charge in [0.25, 0.3) is 0 Å². The molecule has 0 aromatic heterocycles. The van der Waals surface area contributed by atoms with Crippen molar-refractivity contribution in [2.45, 2.75) is 0 Å². The minimum Gasteiger partial charge on any atom is -0.506 e. The van der Waals surface area contributed by atoms with Crippen molar-refractivity contribution in [3.63, 3.8) is 0 Å². The van der Waals surface area contributed by atoms with Crippen molar-refractivity contribution in [3.05, 3.63) is 53.3 Å². The monoisotopic (exact) mass is 610 g/mol. The standard InChI is InChI=1S/C15H10Br4N4O3/c16-9-1-7(13(24)11(18)3-9)5-20-22-15(26)23-21-6-8-2-10(17)4-12(19)14(8)25/h1-6,24-25H,(H2,22,23,26)/b20-5+,21-6+. The van der Waals surface area contributed by atoms with Gasteiger partial charge < -0.3 is 10.2 Å². The van der Waals surface area contributed by atoms with Gasteiger partial charge in [0.05, 0.1) is 21.4 Å². The molecule has 136 valence electrons. The van der Waals surface area contributed by atoms with E-state index < -0.39 is 6.03 Å². The summed E-state index contributed by atoms with van der Waals surface area (Å²) in [5, 5.41) is 27.2. The van der Waals surface area contributed by atoms with E-state index in [0.29, 0.717) is 20.1 Å². The Balaban J connectivity index is 1.96. The number of carbonyl (C=O) groups excluding carboxylic acids is 1. The van der Waals surface area contributed by atoms with Crippen LogP contribution < -0.4 is 10.9 Å². The fourth-order valence-corrected chi connectivity index (χ4v) is 4.23. The third-order valence-electron chi connectivity index (χ3n) is 2.85. The number of phenols is 2. The second-order valence-corrected chi connectivity index (χ2v) is 8.26. The maximum absolute atomic E-state index is 11.6. The van der Waals surface area contributed by atoms with E-state index in [4.69, 9.17) is 0 Å². The molecule has 11 heteroatoms. The fraction of sp³-hybridized carbons (Fsp3) is 0. The van der Waals surface area contributed by atoms with Crippen LogP contribution in [-0.2, 0) is 0 Å². The molecular formula is C15H10Br4N4O3. The molecule has 0 heterocycles. The summed E-state index contributed by atoms with van der Waals surface area (Å²) in [6, 6.07) is 5.93. The van der Waals surface area contributed by atoms with Gasteiger partial charge in [-0.05, 0) is 56.1 Å². The zero-order chi connectivity index (χ0) is 19.3. The lowest BCUT2D eigenvalue weighted by atomic mass is 10.2. The van der Waals surface area contributed by atoms with E-state index in [1.54, 1.807) is 24.3 Å². The van der Waals surface area contributed by atoms with Crippen LogP contribution in [0.15, 0.2) is 52.4 Å². The lowest BCUT2D eigenvalue weighted by molar-refractivity contribution is 0.242. The van der Waals surface area contributed by atoms with Crippen molar-refractivity contribution in [2.24, 2.45) is 10.2 Å². The van der Waals surface area contributed by atoms with Gasteiger partial charge in [-0.2, -0.15) is 10.2 Å². The first-order chi connectivity index (χ1) is 12.3. The lowest BCUT2D eigenvalue weighted by Crippen LogP contribution is -2.28. The molecule has 0 bridgehead atoms. The van der Waals surface area contributed by atoms with Crippen molar-refractivity contribution in [2.75, 3.05) is 0 Å². The average molecular weight is 614 g/mol. The van der Waals surface area contributed by atoms with Crippen molar-refractivity contribution in [1.29, 1.82) is 0 Å². The maximum Gasteiger partial charge on any atom is 0.355 e. The third kappa shape index (κ3) is 5.79. The second-order valence-electron chi connectivity index (χ2n) is 4.72. The summed E-state index contributed by atoms with van der Waals surface area (Å²) in [5.74, 6) is -0.0132. The van der Waals surface area contributed by atoms with Crippen molar-refractivity contribution >= 4 is 82.2 Å². The van der Waals surface area contributed by atoms with E-state index in [1.165, 1.54) is 12.4 Å². The quantitative estimate of drug-likeness (QED) is 0.294. The van der Waals surface area contributed by atoms with Gasteiger partial charge in [-0.15, -0.1) is 0 Å². The number of amides is 2. The Morgan fingerprint density at radius 2 is 1.19 bits per heavy atom. The SMILES string of the molecule is O=C(N/N=C/c1cc(Br)cc(Br)c1O)N/N=C/c1cc(Br)cc(Br)c1O. The van der Waals surface area contributed by atoms with Crippen LogP contribution in [0.25, 0.3) is 0 Å². The Morgan fingerprint density at radius 3 is 1.58 bits per heavy atom. The summed E-state index contributed by atoms with van der Waals surface area (Å²) >= 11 is 13.0. The molecule has 2 amide bonds. The van der Waals surface area contributed by atoms with Crippen LogP contribution in [0, 0.1) is 0 Å². The number of hydrogen-bond donors (Lipinski definition) is 4. The fourth-order valence-electron chi connectivity index (χ4n) is 1.71. The molecule has 0 aliphatic heterocycles. The minimum absolute atomic E-state index is 0.00659. The van der Waals surface area contributed by atoms with E-state index >= 15 is 0 Å². The highest BCUT2D eigenvalue weighted by molar-refractivity contribution is 9.11. The zero-order valence-electron chi connectivity index (χ0n) is 12.7. The summed E-state index contributed by atoms with van der Waals surface area (Å²) in [4.78, 5) is 11.6. The molecule has 2 rings (SSSR count). The predicted octanol–water partition coefficient (Wildman–Crippen LogP) is 4.82. The van der Waals surface area contributed by atoms with Crippen molar-refractivity contribution in [3.8, 4) is 11.5 Å². The summed E-state index contributed by atoms with van der Waals surface area (Å²) < 4.78 is 2.44. The molecule has 7 nitrogen and oxygen atoms in total. The van der Waals surface area contributed by atoms with Gasteiger partial charge in [-0.3, -0.25) is 0 Å². The van der Waals surface area contributed by atoms with Gasteiger partial charge >= 0.3 is 6.03 Å². The van der Waals surface area contributed by atoms with E-state index in [1.807, 2.05) is 0 Å². The predicted molar refractivity (Wildman–Crippen MR) is 114 cm³/mol. The second kappa shape index (κ2) is 9.49. The zero-order valence-corrected chi connectivity index (χ0v) is 19.0. The number of benzene rings is 2. The number of nitrogens with one attached hydrogen (secondary N) is 2. The maximum atomic E-state index is 11.6. The number of carbonyl (C=O) groups is 1. The highest BCUT2D eigenvalue weighted by Gasteiger charge is 2.06. The smallest absolute Gasteiger partial charge is 0.355 e. The number of rotatable bonds is 4. The molecule has 0 saturated heterocycles. The van der Waals surface area contributed by atoms with Crippen LogP contribution in [0.1, 0.15) is 11.1 Å². The van der Waals surface area contributed by atoms with Crippen LogP contribution in [0.2, 0.25) is 0 Å². The molecular weight excluding hydrogens is 604 g/mol. The number of hydrogen-bond acceptors (Lipinski definition) is 5. The average Bonchev–Trinajstić information content (AvgIpc) is 2.56. The Labute approximate surface area is 182 Å². The molecule has 2 aromatic carbocycles. The van der Waals surface area contributed by atoms with Crippen LogP contribution in [0.4, 0.5) is 4.79 Å². The number of nitrogens with zero attached hydrogens (tertiary/aromatic N) is 2. The van der Waals surface area contributed by atoms with Crippen LogP contribution in [0.5, 0.6) is 11.5 Å². The van der Waals surface area contributed by atoms with Gasteiger partial charge in [-0.1, -0.05) is 31.9 Å². The van der Waals surface area contributed by atoms with Crippen molar-refractivity contribution in [1.82, 2.24) is 10.9 Å². The van der Waals surface area contributed by atoms with Gasteiger partial charge in [0, 0.05) is 20.1 Å². The number of phenolic OH excluding ortho intramolecular Hbond substituents is 2. The molecule has 0 atom stereocenters. The van der Waals surface area contributed by atoms with E-state index in [2.05, 4.69) is 84.8 Å².